The van der Waals surface area contributed by atoms with Gasteiger partial charge in [-0.2, -0.15) is 0 Å². The van der Waals surface area contributed by atoms with Gasteiger partial charge >= 0.3 is 0 Å². The van der Waals surface area contributed by atoms with E-state index >= 15 is 0 Å². The topological polar surface area (TPSA) is 138 Å². The number of ether oxygens (including phenoxy) is 14. The zero-order chi connectivity index (χ0) is 71.1. The van der Waals surface area contributed by atoms with Crippen molar-refractivity contribution in [3.63, 3.8) is 0 Å². The van der Waals surface area contributed by atoms with Gasteiger partial charge in [0.25, 0.3) is 0 Å². The van der Waals surface area contributed by atoms with Crippen molar-refractivity contribution >= 4 is 8.32 Å². The molecule has 542 valence electrons. The summed E-state index contributed by atoms with van der Waals surface area (Å²) in [6.45, 7) is 15.2. The molecule has 0 aromatic heterocycles. The van der Waals surface area contributed by atoms with Gasteiger partial charge in [0, 0.05) is 0 Å². The number of hydrogen-bond acceptors (Lipinski definition) is 15. The molecule has 3 saturated heterocycles. The van der Waals surface area contributed by atoms with E-state index < -0.39 is 100 Å². The van der Waals surface area contributed by atoms with Crippen LogP contribution in [0.4, 0.5) is 0 Å². The minimum absolute atomic E-state index is 0.00416. The van der Waals surface area contributed by atoms with Crippen molar-refractivity contribution in [3.8, 4) is 0 Å². The van der Waals surface area contributed by atoms with Crippen molar-refractivity contribution in [1.82, 2.24) is 0 Å². The molecule has 9 aromatic carbocycles. The lowest BCUT2D eigenvalue weighted by atomic mass is 9.95. The Labute approximate surface area is 609 Å². The minimum atomic E-state index is -2.53. The number of rotatable bonds is 35. The molecule has 103 heavy (non-hydrogen) atoms. The van der Waals surface area contributed by atoms with Crippen LogP contribution in [-0.2, 0) is 130 Å². The molecule has 0 saturated carbocycles. The van der Waals surface area contributed by atoms with Crippen LogP contribution in [0.2, 0.25) is 18.1 Å². The van der Waals surface area contributed by atoms with Gasteiger partial charge in [0.2, 0.25) is 0 Å². The van der Waals surface area contributed by atoms with Crippen molar-refractivity contribution in [3.05, 3.63) is 323 Å². The van der Waals surface area contributed by atoms with E-state index in [1.54, 1.807) is 0 Å². The number of hydrogen-bond donors (Lipinski definition) is 0. The zero-order valence-electron chi connectivity index (χ0n) is 60.0. The standard InChI is InChI=1S/C87H100O15Si/c1-63-75(102-103(5,6)87(2,3)4)78(90-54-66-38-20-9-21-39-66)82(94-58-70-46-28-13-29-47-70)85(97-63)100-77-74(62-89-53-65-36-18-8-19-37-65)99-86(83(95-59-71-48-30-14-31-49-71)80(77)92-56-68-42-24-11-25-43-68)101-76-73(61-88-52-64-34-16-7-17-35-64)98-84(96-60-72-50-32-15-33-51-72)81(93-57-69-44-26-12-27-45-69)79(76)91-55-67-40-22-10-23-41-67/h7-51,63,73-86H,52-62H2,1-6H3/t63-,73-,74-,75+,76-,77-,78+,79+,80+,81-,82-,83-,84-,85+,86-/m1/s1. The van der Waals surface area contributed by atoms with E-state index in [4.69, 9.17) is 70.7 Å². The summed E-state index contributed by atoms with van der Waals surface area (Å²) in [4.78, 5) is 0. The Morgan fingerprint density at radius 2 is 0.505 bits per heavy atom. The third-order valence-corrected chi connectivity index (χ3v) is 24.0. The minimum Gasteiger partial charge on any atom is -0.409 e. The first-order valence-corrected chi connectivity index (χ1v) is 39.1. The van der Waals surface area contributed by atoms with Gasteiger partial charge in [0.1, 0.15) is 61.0 Å². The predicted molar refractivity (Wildman–Crippen MR) is 397 cm³/mol. The molecule has 16 heteroatoms. The second kappa shape index (κ2) is 38.0. The fourth-order valence-electron chi connectivity index (χ4n) is 12.9. The maximum absolute atomic E-state index is 7.87. The summed E-state index contributed by atoms with van der Waals surface area (Å²) < 4.78 is 110. The average molecular weight is 1410 g/mol. The van der Waals surface area contributed by atoms with Crippen molar-refractivity contribution in [2.75, 3.05) is 13.2 Å². The molecule has 0 unspecified atom stereocenters. The van der Waals surface area contributed by atoms with Crippen LogP contribution >= 0.6 is 0 Å². The molecule has 0 aliphatic carbocycles. The Morgan fingerprint density at radius 3 is 0.796 bits per heavy atom. The molecule has 3 aliphatic rings. The first-order chi connectivity index (χ1) is 50.4. The van der Waals surface area contributed by atoms with Crippen LogP contribution in [0.5, 0.6) is 0 Å². The quantitative estimate of drug-likeness (QED) is 0.0348. The summed E-state index contributed by atoms with van der Waals surface area (Å²) in [5.74, 6) is 0. The lowest BCUT2D eigenvalue weighted by molar-refractivity contribution is -0.393. The van der Waals surface area contributed by atoms with Crippen LogP contribution in [0.3, 0.4) is 0 Å². The number of benzene rings is 9. The molecule has 3 fully saturated rings. The van der Waals surface area contributed by atoms with Gasteiger partial charge in [-0.1, -0.05) is 294 Å². The van der Waals surface area contributed by atoms with Gasteiger partial charge in [-0.15, -0.1) is 0 Å². The van der Waals surface area contributed by atoms with Gasteiger partial charge in [-0.25, -0.2) is 0 Å². The highest BCUT2D eigenvalue weighted by molar-refractivity contribution is 6.74. The third-order valence-electron chi connectivity index (χ3n) is 19.5. The maximum Gasteiger partial charge on any atom is 0.192 e. The van der Waals surface area contributed by atoms with E-state index in [2.05, 4.69) is 46.0 Å². The van der Waals surface area contributed by atoms with E-state index in [-0.39, 0.29) is 77.7 Å². The zero-order valence-corrected chi connectivity index (χ0v) is 61.0. The molecule has 3 heterocycles. The Bertz CT molecular complexity index is 3810. The van der Waals surface area contributed by atoms with Crippen LogP contribution in [-0.4, -0.2) is 114 Å². The Morgan fingerprint density at radius 1 is 0.272 bits per heavy atom. The molecule has 0 spiro atoms. The van der Waals surface area contributed by atoms with E-state index in [9.17, 15) is 0 Å². The second-order valence-corrected chi connectivity index (χ2v) is 33.0. The smallest absolute Gasteiger partial charge is 0.192 e. The molecule has 0 bridgehead atoms. The molecule has 0 N–H and O–H groups in total. The van der Waals surface area contributed by atoms with Gasteiger partial charge in [-0.3, -0.25) is 0 Å². The summed E-state index contributed by atoms with van der Waals surface area (Å²) in [6, 6.07) is 90.7. The van der Waals surface area contributed by atoms with Gasteiger partial charge in [0.05, 0.1) is 84.9 Å². The first kappa shape index (κ1) is 75.3. The average Bonchev–Trinajstić information content (AvgIpc) is 0.751. The molecular formula is C87H100O15Si. The first-order valence-electron chi connectivity index (χ1n) is 36.1. The van der Waals surface area contributed by atoms with Crippen LogP contribution in [0.1, 0.15) is 77.8 Å². The highest BCUT2D eigenvalue weighted by Gasteiger charge is 2.58. The maximum atomic E-state index is 7.87. The normalized spacial score (nSPS) is 25.3. The van der Waals surface area contributed by atoms with Crippen LogP contribution in [0, 0.1) is 0 Å². The summed E-state index contributed by atoms with van der Waals surface area (Å²) in [6.07, 6.45) is -13.9. The van der Waals surface area contributed by atoms with Gasteiger partial charge in [0.15, 0.2) is 27.2 Å². The Balaban J connectivity index is 0.985. The monoisotopic (exact) mass is 1410 g/mol. The summed E-state index contributed by atoms with van der Waals surface area (Å²) in [5, 5.41) is -0.158. The molecule has 3 aliphatic heterocycles. The fourth-order valence-corrected chi connectivity index (χ4v) is 14.2. The Kier molecular flexibility index (Phi) is 27.8. The van der Waals surface area contributed by atoms with Crippen molar-refractivity contribution < 1.29 is 70.7 Å². The van der Waals surface area contributed by atoms with Crippen LogP contribution in [0.25, 0.3) is 0 Å². The molecule has 0 radical (unpaired) electrons. The van der Waals surface area contributed by atoms with E-state index in [1.165, 1.54) is 0 Å². The highest BCUT2D eigenvalue weighted by atomic mass is 28.4. The fraction of sp³-hybridized carbons (Fsp3) is 0.379. The van der Waals surface area contributed by atoms with E-state index in [0.29, 0.717) is 0 Å². The predicted octanol–water partition coefficient (Wildman–Crippen LogP) is 16.5. The van der Waals surface area contributed by atoms with Crippen molar-refractivity contribution in [1.29, 1.82) is 0 Å². The molecule has 15 nitrogen and oxygen atoms in total. The second-order valence-electron chi connectivity index (χ2n) is 28.2. The lowest BCUT2D eigenvalue weighted by Gasteiger charge is -2.52. The molecule has 15 atom stereocenters. The molecular weight excluding hydrogens is 1310 g/mol. The molecule has 9 aromatic rings. The van der Waals surface area contributed by atoms with Crippen molar-refractivity contribution in [2.24, 2.45) is 0 Å². The van der Waals surface area contributed by atoms with E-state index in [1.807, 2.05) is 268 Å². The van der Waals surface area contributed by atoms with Crippen LogP contribution in [0.15, 0.2) is 273 Å². The highest BCUT2D eigenvalue weighted by Crippen LogP contribution is 2.43. The summed E-state index contributed by atoms with van der Waals surface area (Å²) in [5.41, 5.74) is 8.56. The molecule has 0 amide bonds. The van der Waals surface area contributed by atoms with Crippen LogP contribution < -0.4 is 0 Å². The summed E-state index contributed by atoms with van der Waals surface area (Å²) >= 11 is 0. The van der Waals surface area contributed by atoms with Crippen molar-refractivity contribution in [2.45, 2.75) is 197 Å². The van der Waals surface area contributed by atoms with E-state index in [0.717, 1.165) is 50.1 Å². The third kappa shape index (κ3) is 21.6. The Hall–Kier alpha value is -7.40. The molecule has 12 rings (SSSR count). The lowest BCUT2D eigenvalue weighted by Crippen LogP contribution is -2.68. The largest absolute Gasteiger partial charge is 0.409 e. The van der Waals surface area contributed by atoms with Gasteiger partial charge in [-0.05, 0) is 75.1 Å². The SMILES string of the molecule is C[C@H]1O[C@@H](O[C@H]2[C@H](OCc3ccccc3)[C@@H](OCc3ccccc3)[C@@H](O[C@H]3[C@H](OCc4ccccc4)[C@@H](OCc4ccccc4)[C@H](OCc4ccccc4)O[C@@H]3COCc3ccccc3)O[C@@H]2COCc2ccccc2)[C@H](OCc2ccccc2)[C@@H](OCc2ccccc2)[C@H]1O[Si](C)(C)C(C)(C)C. The van der Waals surface area contributed by atoms with Gasteiger partial charge < -0.3 is 70.7 Å². The summed E-state index contributed by atoms with van der Waals surface area (Å²) in [7, 11) is -2.53.